The van der Waals surface area contributed by atoms with Gasteiger partial charge >= 0.3 is 5.97 Å². The Kier molecular flexibility index (Phi) is 6.94. The van der Waals surface area contributed by atoms with Gasteiger partial charge in [0.05, 0.1) is 18.9 Å². The molecule has 0 amide bonds. The lowest BCUT2D eigenvalue weighted by atomic mass is 10.2. The maximum absolute atomic E-state index is 10.1. The average molecular weight is 272 g/mol. The lowest BCUT2D eigenvalue weighted by molar-refractivity contribution is -0.131. The smallest absolute Gasteiger partial charge is 0.331 e. The SMILES string of the molecule is CC(C)(C)[Si](C)(C)OC/C=C\CO/C=C/C(=O)O. The van der Waals surface area contributed by atoms with Crippen molar-refractivity contribution >= 4 is 14.3 Å². The van der Waals surface area contributed by atoms with E-state index in [9.17, 15) is 4.79 Å². The monoisotopic (exact) mass is 272 g/mol. The number of ether oxygens (including phenoxy) is 1. The molecular formula is C13H24O4Si. The van der Waals surface area contributed by atoms with Crippen LogP contribution in [-0.4, -0.2) is 32.6 Å². The molecule has 0 atom stereocenters. The fourth-order valence-corrected chi connectivity index (χ4v) is 1.77. The molecule has 0 saturated heterocycles. The van der Waals surface area contributed by atoms with Crippen molar-refractivity contribution in [2.24, 2.45) is 0 Å². The third kappa shape index (κ3) is 7.29. The maximum atomic E-state index is 10.1. The zero-order chi connectivity index (χ0) is 14.2. The van der Waals surface area contributed by atoms with Gasteiger partial charge in [-0.05, 0) is 24.2 Å². The van der Waals surface area contributed by atoms with E-state index in [1.165, 1.54) is 6.26 Å². The molecule has 1 N–H and O–H groups in total. The Labute approximate surface area is 110 Å². The molecule has 0 heterocycles. The van der Waals surface area contributed by atoms with Crippen LogP contribution in [0.1, 0.15) is 20.8 Å². The number of aliphatic carboxylic acids is 1. The predicted molar refractivity (Wildman–Crippen MR) is 75.0 cm³/mol. The van der Waals surface area contributed by atoms with E-state index >= 15 is 0 Å². The van der Waals surface area contributed by atoms with Gasteiger partial charge in [0.15, 0.2) is 8.32 Å². The van der Waals surface area contributed by atoms with E-state index in [1.54, 1.807) is 0 Å². The summed E-state index contributed by atoms with van der Waals surface area (Å²) < 4.78 is 10.9. The van der Waals surface area contributed by atoms with Gasteiger partial charge in [0, 0.05) is 0 Å². The van der Waals surface area contributed by atoms with E-state index in [1.807, 2.05) is 12.2 Å². The summed E-state index contributed by atoms with van der Waals surface area (Å²) in [5.41, 5.74) is 0. The fraction of sp³-hybridized carbons (Fsp3) is 0.615. The van der Waals surface area contributed by atoms with E-state index in [2.05, 4.69) is 33.9 Å². The highest BCUT2D eigenvalue weighted by atomic mass is 28.4. The fourth-order valence-electron chi connectivity index (χ4n) is 0.826. The van der Waals surface area contributed by atoms with Crippen molar-refractivity contribution in [3.05, 3.63) is 24.5 Å². The van der Waals surface area contributed by atoms with Gasteiger partial charge < -0.3 is 14.3 Å². The summed E-state index contributed by atoms with van der Waals surface area (Å²) in [6.07, 6.45) is 5.84. The van der Waals surface area contributed by atoms with Crippen LogP contribution >= 0.6 is 0 Å². The van der Waals surface area contributed by atoms with Crippen molar-refractivity contribution in [3.8, 4) is 0 Å². The first-order valence-corrected chi connectivity index (χ1v) is 8.87. The summed E-state index contributed by atoms with van der Waals surface area (Å²) in [4.78, 5) is 10.1. The van der Waals surface area contributed by atoms with Crippen molar-refractivity contribution in [1.82, 2.24) is 0 Å². The molecule has 0 aromatic carbocycles. The Morgan fingerprint density at radius 1 is 1.22 bits per heavy atom. The first-order valence-electron chi connectivity index (χ1n) is 5.97. The second-order valence-electron chi connectivity index (χ2n) is 5.52. The van der Waals surface area contributed by atoms with Crippen LogP contribution in [0.4, 0.5) is 0 Å². The number of carboxylic acids is 1. The molecule has 0 radical (unpaired) electrons. The van der Waals surface area contributed by atoms with Crippen molar-refractivity contribution in [2.45, 2.75) is 38.9 Å². The van der Waals surface area contributed by atoms with Crippen LogP contribution in [0.15, 0.2) is 24.5 Å². The lowest BCUT2D eigenvalue weighted by Crippen LogP contribution is -2.40. The zero-order valence-corrected chi connectivity index (χ0v) is 12.9. The Morgan fingerprint density at radius 2 is 1.78 bits per heavy atom. The van der Waals surface area contributed by atoms with Gasteiger partial charge in [0.25, 0.3) is 0 Å². The summed E-state index contributed by atoms with van der Waals surface area (Å²) in [5, 5.41) is 8.53. The maximum Gasteiger partial charge on any atom is 0.331 e. The zero-order valence-electron chi connectivity index (χ0n) is 11.9. The topological polar surface area (TPSA) is 55.8 Å². The molecule has 0 saturated carbocycles. The highest BCUT2D eigenvalue weighted by Crippen LogP contribution is 2.36. The van der Waals surface area contributed by atoms with Crippen molar-refractivity contribution < 1.29 is 19.1 Å². The summed E-state index contributed by atoms with van der Waals surface area (Å²) in [7, 11) is -1.68. The minimum absolute atomic E-state index is 0.210. The van der Waals surface area contributed by atoms with Crippen LogP contribution in [0.25, 0.3) is 0 Å². The van der Waals surface area contributed by atoms with Crippen LogP contribution < -0.4 is 0 Å². The quantitative estimate of drug-likeness (QED) is 0.254. The van der Waals surface area contributed by atoms with E-state index in [-0.39, 0.29) is 5.04 Å². The van der Waals surface area contributed by atoms with Crippen LogP contribution in [0.2, 0.25) is 18.1 Å². The molecular weight excluding hydrogens is 248 g/mol. The molecule has 0 aliphatic carbocycles. The molecule has 0 spiro atoms. The molecule has 104 valence electrons. The van der Waals surface area contributed by atoms with Gasteiger partial charge in [-0.3, -0.25) is 0 Å². The van der Waals surface area contributed by atoms with Crippen LogP contribution in [0, 0.1) is 0 Å². The van der Waals surface area contributed by atoms with Gasteiger partial charge in [-0.1, -0.05) is 26.8 Å². The molecule has 4 nitrogen and oxygen atoms in total. The molecule has 0 rings (SSSR count). The Bertz CT molecular complexity index is 313. The normalized spacial score (nSPS) is 13.4. The second-order valence-corrected chi connectivity index (χ2v) is 10.3. The minimum atomic E-state index is -1.68. The summed E-state index contributed by atoms with van der Waals surface area (Å²) in [6, 6.07) is 0. The summed E-state index contributed by atoms with van der Waals surface area (Å²) >= 11 is 0. The summed E-state index contributed by atoms with van der Waals surface area (Å²) in [5.74, 6) is -1.01. The second kappa shape index (κ2) is 7.38. The van der Waals surface area contributed by atoms with Gasteiger partial charge in [0.2, 0.25) is 0 Å². The molecule has 5 heteroatoms. The lowest BCUT2D eigenvalue weighted by Gasteiger charge is -2.35. The average Bonchev–Trinajstić information content (AvgIpc) is 2.19. The van der Waals surface area contributed by atoms with Crippen molar-refractivity contribution in [1.29, 1.82) is 0 Å². The molecule has 18 heavy (non-hydrogen) atoms. The van der Waals surface area contributed by atoms with Crippen LogP contribution in [0.5, 0.6) is 0 Å². The Morgan fingerprint density at radius 3 is 2.28 bits per heavy atom. The van der Waals surface area contributed by atoms with Crippen molar-refractivity contribution in [2.75, 3.05) is 13.2 Å². The van der Waals surface area contributed by atoms with Crippen LogP contribution in [-0.2, 0) is 14.0 Å². The number of carboxylic acid groups (broad SMARTS) is 1. The van der Waals surface area contributed by atoms with E-state index in [0.29, 0.717) is 13.2 Å². The molecule has 0 bridgehead atoms. The molecule has 0 aliphatic heterocycles. The van der Waals surface area contributed by atoms with Crippen LogP contribution in [0.3, 0.4) is 0 Å². The third-order valence-corrected chi connectivity index (χ3v) is 7.51. The van der Waals surface area contributed by atoms with Gasteiger partial charge in [-0.2, -0.15) is 0 Å². The molecule has 0 aromatic rings. The minimum Gasteiger partial charge on any atom is -0.497 e. The molecule has 0 aliphatic rings. The third-order valence-electron chi connectivity index (χ3n) is 3.01. The molecule has 0 aromatic heterocycles. The largest absolute Gasteiger partial charge is 0.497 e. The first kappa shape index (κ1) is 16.9. The standard InChI is InChI=1S/C13H24O4Si/c1-13(2,3)18(4,5)17-10-7-6-9-16-11-8-12(14)15/h6-8,11H,9-10H2,1-5H3,(H,14,15)/b7-6-,11-8+. The van der Waals surface area contributed by atoms with Gasteiger partial charge in [-0.15, -0.1) is 0 Å². The first-order chi connectivity index (χ1) is 8.17. The number of hydrogen-bond acceptors (Lipinski definition) is 3. The van der Waals surface area contributed by atoms with E-state index in [0.717, 1.165) is 6.08 Å². The summed E-state index contributed by atoms with van der Waals surface area (Å²) in [6.45, 7) is 11.9. The van der Waals surface area contributed by atoms with E-state index in [4.69, 9.17) is 14.3 Å². The molecule has 0 unspecified atom stereocenters. The van der Waals surface area contributed by atoms with Gasteiger partial charge in [0.1, 0.15) is 6.61 Å². The number of hydrogen-bond donors (Lipinski definition) is 1. The highest BCUT2D eigenvalue weighted by Gasteiger charge is 2.36. The number of carbonyl (C=O) groups is 1. The van der Waals surface area contributed by atoms with Gasteiger partial charge in [-0.25, -0.2) is 4.79 Å². The van der Waals surface area contributed by atoms with E-state index < -0.39 is 14.3 Å². The predicted octanol–water partition coefficient (Wildman–Crippen LogP) is 3.18. The highest BCUT2D eigenvalue weighted by molar-refractivity contribution is 6.74. The van der Waals surface area contributed by atoms with Crippen molar-refractivity contribution in [3.63, 3.8) is 0 Å². The molecule has 0 fully saturated rings. The number of rotatable bonds is 7. The Hall–Kier alpha value is -1.07. The Balaban J connectivity index is 3.82.